The van der Waals surface area contributed by atoms with Gasteiger partial charge in [-0.1, -0.05) is 0 Å². The second-order valence-electron chi connectivity index (χ2n) is 3.61. The third-order valence-corrected chi connectivity index (χ3v) is 2.62. The molecule has 0 fully saturated rings. The molecule has 24 heavy (non-hydrogen) atoms. The zero-order valence-electron chi connectivity index (χ0n) is 12.5. The summed E-state index contributed by atoms with van der Waals surface area (Å²) in [4.78, 5) is 8.42. The molecule has 0 heterocycles. The average molecular weight is 424 g/mol. The molecule has 144 valence electrons. The van der Waals surface area contributed by atoms with Crippen molar-refractivity contribution in [1.82, 2.24) is 0 Å². The summed E-state index contributed by atoms with van der Waals surface area (Å²) >= 11 is 0. The van der Waals surface area contributed by atoms with E-state index in [9.17, 15) is 57.3 Å². The zero-order chi connectivity index (χ0) is 19.1. The Hall–Kier alpha value is 0.0362. The maximum Gasteiger partial charge on any atom is 2.00 e. The van der Waals surface area contributed by atoms with Gasteiger partial charge in [0.05, 0.1) is 0 Å². The van der Waals surface area contributed by atoms with E-state index in [1.807, 2.05) is 0 Å². The van der Waals surface area contributed by atoms with Crippen LogP contribution in [0.3, 0.4) is 0 Å². The molecule has 0 aromatic carbocycles. The van der Waals surface area contributed by atoms with Crippen LogP contribution in [-0.2, 0) is 13.6 Å². The van der Waals surface area contributed by atoms with Gasteiger partial charge in [0.15, 0.2) is 0 Å². The SMILES string of the molecule is O=P(O)(OC(C(F)(F)F)C(F)(F)F)OC(C(F)(F)F)C(F)(F)F.[H-].[H-].[Mg+2]. The van der Waals surface area contributed by atoms with Crippen molar-refractivity contribution in [1.29, 1.82) is 0 Å². The van der Waals surface area contributed by atoms with Crippen LogP contribution in [-0.4, -0.2) is 64.9 Å². The molecule has 1 N–H and O–H groups in total. The fraction of sp³-hybridized carbons (Fsp3) is 1.00. The van der Waals surface area contributed by atoms with Crippen LogP contribution in [0.2, 0.25) is 0 Å². The Kier molecular flexibility index (Phi) is 8.46. The van der Waals surface area contributed by atoms with Crippen LogP contribution in [0.25, 0.3) is 0 Å². The van der Waals surface area contributed by atoms with Crippen LogP contribution in [0.1, 0.15) is 2.85 Å². The first-order valence-electron chi connectivity index (χ1n) is 4.64. The number of halogens is 12. The van der Waals surface area contributed by atoms with Crippen LogP contribution in [0.5, 0.6) is 0 Å². The summed E-state index contributed by atoms with van der Waals surface area (Å²) in [5.74, 6) is 0. The number of hydrogen-bond donors (Lipinski definition) is 1. The van der Waals surface area contributed by atoms with Crippen molar-refractivity contribution < 1.29 is 74.0 Å². The minimum Gasteiger partial charge on any atom is -1.00 e. The molecular formula is C6H5F12MgO4P. The second kappa shape index (κ2) is 7.73. The third kappa shape index (κ3) is 8.42. The molecule has 0 amide bonds. The molecule has 0 spiro atoms. The van der Waals surface area contributed by atoms with Crippen LogP contribution >= 0.6 is 7.82 Å². The maximum atomic E-state index is 12.0. The van der Waals surface area contributed by atoms with Gasteiger partial charge in [-0.3, -0.25) is 9.05 Å². The standard InChI is InChI=1S/C6H3F12O4P.Mg.2H/c7-3(8,9)1(4(10,11)12)21-23(19,20)22-2(5(13,14)15)6(16,17)18;;;/h1-2H,(H,19,20);;;/q;+2;2*-1. The number of alkyl halides is 12. The van der Waals surface area contributed by atoms with Gasteiger partial charge < -0.3 is 7.75 Å². The minimum atomic E-state index is -7.07. The molecule has 0 aromatic rings. The second-order valence-corrected chi connectivity index (χ2v) is 4.96. The molecule has 0 radical (unpaired) electrons. The van der Waals surface area contributed by atoms with E-state index in [1.165, 1.54) is 0 Å². The van der Waals surface area contributed by atoms with Gasteiger partial charge in [0, 0.05) is 0 Å². The fourth-order valence-corrected chi connectivity index (χ4v) is 1.96. The number of rotatable bonds is 4. The quantitative estimate of drug-likeness (QED) is 0.422. The Morgan fingerprint density at radius 1 is 0.667 bits per heavy atom. The molecule has 0 saturated carbocycles. The van der Waals surface area contributed by atoms with Gasteiger partial charge in [-0.15, -0.1) is 0 Å². The molecule has 0 aliphatic carbocycles. The van der Waals surface area contributed by atoms with Crippen LogP contribution in [0.4, 0.5) is 52.7 Å². The molecule has 0 aromatic heterocycles. The molecule has 0 aliphatic heterocycles. The molecule has 0 bridgehead atoms. The third-order valence-electron chi connectivity index (χ3n) is 1.67. The predicted molar refractivity (Wildman–Crippen MR) is 51.8 cm³/mol. The first-order valence-corrected chi connectivity index (χ1v) is 6.14. The van der Waals surface area contributed by atoms with E-state index >= 15 is 0 Å². The summed E-state index contributed by atoms with van der Waals surface area (Å²) in [5.41, 5.74) is 0. The van der Waals surface area contributed by atoms with Gasteiger partial charge in [-0.2, -0.15) is 52.7 Å². The average Bonchev–Trinajstić information content (AvgIpc) is 2.16. The largest absolute Gasteiger partial charge is 2.00 e. The molecule has 4 nitrogen and oxygen atoms in total. The van der Waals surface area contributed by atoms with Crippen molar-refractivity contribution in [3.05, 3.63) is 0 Å². The Bertz CT molecular complexity index is 397. The Morgan fingerprint density at radius 2 is 0.833 bits per heavy atom. The first kappa shape index (κ1) is 26.3. The van der Waals surface area contributed by atoms with E-state index in [1.54, 1.807) is 0 Å². The Balaban J connectivity index is -0.000000807. The van der Waals surface area contributed by atoms with Crippen molar-refractivity contribution in [2.24, 2.45) is 0 Å². The van der Waals surface area contributed by atoms with E-state index in [0.717, 1.165) is 0 Å². The van der Waals surface area contributed by atoms with Crippen molar-refractivity contribution >= 4 is 30.9 Å². The summed E-state index contributed by atoms with van der Waals surface area (Å²) in [7, 11) is -7.07. The van der Waals surface area contributed by atoms with Crippen molar-refractivity contribution in [3.63, 3.8) is 0 Å². The molecular weight excluding hydrogens is 419 g/mol. The minimum absolute atomic E-state index is 0. The van der Waals surface area contributed by atoms with E-state index in [2.05, 4.69) is 9.05 Å². The molecule has 18 heteroatoms. The summed E-state index contributed by atoms with van der Waals surface area (Å²) in [5, 5.41) is 0. The number of phosphoric ester groups is 1. The topological polar surface area (TPSA) is 55.8 Å². The zero-order valence-corrected chi connectivity index (χ0v) is 12.8. The first-order chi connectivity index (χ1) is 9.68. The Labute approximate surface area is 142 Å². The van der Waals surface area contributed by atoms with Gasteiger partial charge in [0.25, 0.3) is 12.2 Å². The van der Waals surface area contributed by atoms with Gasteiger partial charge >= 0.3 is 55.6 Å². The van der Waals surface area contributed by atoms with Crippen molar-refractivity contribution in [2.45, 2.75) is 36.9 Å². The summed E-state index contributed by atoms with van der Waals surface area (Å²) in [6.07, 6.45) is -36.2. The molecule has 0 aliphatic rings. The molecule has 0 atom stereocenters. The van der Waals surface area contributed by atoms with E-state index in [0.29, 0.717) is 0 Å². The van der Waals surface area contributed by atoms with Gasteiger partial charge in [0.1, 0.15) is 0 Å². The number of phosphoric acid groups is 1. The summed E-state index contributed by atoms with van der Waals surface area (Å²) in [6.45, 7) is 0. The summed E-state index contributed by atoms with van der Waals surface area (Å²) in [6, 6.07) is 0. The van der Waals surface area contributed by atoms with Gasteiger partial charge in [-0.25, -0.2) is 4.57 Å². The molecule has 0 saturated heterocycles. The van der Waals surface area contributed by atoms with Crippen LogP contribution in [0, 0.1) is 0 Å². The Morgan fingerprint density at radius 3 is 0.958 bits per heavy atom. The van der Waals surface area contributed by atoms with E-state index < -0.39 is 44.7 Å². The van der Waals surface area contributed by atoms with Crippen molar-refractivity contribution in [3.8, 4) is 0 Å². The van der Waals surface area contributed by atoms with Crippen molar-refractivity contribution in [2.75, 3.05) is 0 Å². The van der Waals surface area contributed by atoms with Crippen LogP contribution < -0.4 is 0 Å². The molecule has 0 unspecified atom stereocenters. The van der Waals surface area contributed by atoms with Crippen LogP contribution in [0.15, 0.2) is 0 Å². The van der Waals surface area contributed by atoms with E-state index in [-0.39, 0.29) is 25.9 Å². The normalized spacial score (nSPS) is 15.0. The smallest absolute Gasteiger partial charge is 1.00 e. The monoisotopic (exact) mass is 424 g/mol. The summed E-state index contributed by atoms with van der Waals surface area (Å²) < 4.78 is 159. The fourth-order valence-electron chi connectivity index (χ4n) is 0.901. The molecule has 0 rings (SSSR count). The maximum absolute atomic E-state index is 12.0. The van der Waals surface area contributed by atoms with Gasteiger partial charge in [-0.05, 0) is 0 Å². The van der Waals surface area contributed by atoms with Gasteiger partial charge in [0.2, 0.25) is 0 Å². The van der Waals surface area contributed by atoms with E-state index in [4.69, 9.17) is 4.89 Å². The predicted octanol–water partition coefficient (Wildman–Crippen LogP) is 3.95. The number of hydrogen-bond acceptors (Lipinski definition) is 3.